The highest BCUT2D eigenvalue weighted by molar-refractivity contribution is 6.30. The van der Waals surface area contributed by atoms with Gasteiger partial charge in [-0.2, -0.15) is 0 Å². The van der Waals surface area contributed by atoms with Crippen molar-refractivity contribution in [2.45, 2.75) is 19.3 Å². The fraction of sp³-hybridized carbons (Fsp3) is 0.333. The standard InChI is InChI=1S/C15H15ClO2/c1-2-3-10-8-13(14(17)9-10)15(18)11-4-6-12(16)7-5-11/h2,4-7,10,13H,1,3,8-9H2. The average molecular weight is 263 g/mol. The number of ketones is 2. The Morgan fingerprint density at radius 1 is 1.39 bits per heavy atom. The van der Waals surface area contributed by atoms with Gasteiger partial charge in [0.25, 0.3) is 0 Å². The molecule has 0 saturated heterocycles. The first-order valence-electron chi connectivity index (χ1n) is 6.05. The lowest BCUT2D eigenvalue weighted by molar-refractivity contribution is -0.119. The van der Waals surface area contributed by atoms with Crippen molar-refractivity contribution in [3.63, 3.8) is 0 Å². The first-order chi connectivity index (χ1) is 8.61. The summed E-state index contributed by atoms with van der Waals surface area (Å²) in [6, 6.07) is 6.71. The summed E-state index contributed by atoms with van der Waals surface area (Å²) in [7, 11) is 0. The second-order valence-corrected chi connectivity index (χ2v) is 5.16. The van der Waals surface area contributed by atoms with Gasteiger partial charge in [-0.05, 0) is 43.0 Å². The second kappa shape index (κ2) is 5.49. The molecule has 0 aliphatic heterocycles. The SMILES string of the molecule is C=CCC1CC(=O)C(C(=O)c2ccc(Cl)cc2)C1. The van der Waals surface area contributed by atoms with Crippen molar-refractivity contribution < 1.29 is 9.59 Å². The summed E-state index contributed by atoms with van der Waals surface area (Å²) in [4.78, 5) is 24.1. The molecular weight excluding hydrogens is 248 g/mol. The number of rotatable bonds is 4. The molecule has 0 N–H and O–H groups in total. The number of Topliss-reactive ketones (excluding diaryl/α,β-unsaturated/α-hetero) is 2. The summed E-state index contributed by atoms with van der Waals surface area (Å²) in [5.74, 6) is -0.225. The predicted octanol–water partition coefficient (Wildman–Crippen LogP) is 3.69. The molecule has 94 valence electrons. The van der Waals surface area contributed by atoms with E-state index in [2.05, 4.69) is 6.58 Å². The van der Waals surface area contributed by atoms with Crippen molar-refractivity contribution in [2.24, 2.45) is 11.8 Å². The minimum Gasteiger partial charge on any atom is -0.299 e. The Morgan fingerprint density at radius 2 is 2.06 bits per heavy atom. The van der Waals surface area contributed by atoms with Gasteiger partial charge in [-0.3, -0.25) is 9.59 Å². The number of benzene rings is 1. The van der Waals surface area contributed by atoms with Crippen molar-refractivity contribution in [1.29, 1.82) is 0 Å². The molecule has 2 rings (SSSR count). The van der Waals surface area contributed by atoms with Gasteiger partial charge in [-0.1, -0.05) is 17.7 Å². The van der Waals surface area contributed by atoms with Crippen molar-refractivity contribution in [1.82, 2.24) is 0 Å². The van der Waals surface area contributed by atoms with Gasteiger partial charge in [-0.15, -0.1) is 6.58 Å². The number of allylic oxidation sites excluding steroid dienone is 1. The van der Waals surface area contributed by atoms with Crippen LogP contribution >= 0.6 is 11.6 Å². The van der Waals surface area contributed by atoms with Crippen LogP contribution in [0.4, 0.5) is 0 Å². The average Bonchev–Trinajstić information content (AvgIpc) is 2.71. The van der Waals surface area contributed by atoms with E-state index in [0.717, 1.165) is 6.42 Å². The third-order valence-electron chi connectivity index (χ3n) is 3.39. The number of hydrogen-bond donors (Lipinski definition) is 0. The molecule has 2 unspecified atom stereocenters. The molecule has 18 heavy (non-hydrogen) atoms. The molecule has 1 aromatic carbocycles. The maximum Gasteiger partial charge on any atom is 0.173 e. The molecule has 0 bridgehead atoms. The predicted molar refractivity (Wildman–Crippen MR) is 71.8 cm³/mol. The zero-order chi connectivity index (χ0) is 13.1. The van der Waals surface area contributed by atoms with E-state index >= 15 is 0 Å². The van der Waals surface area contributed by atoms with Gasteiger partial charge in [0.15, 0.2) is 5.78 Å². The van der Waals surface area contributed by atoms with Gasteiger partial charge >= 0.3 is 0 Å². The molecule has 2 nitrogen and oxygen atoms in total. The summed E-state index contributed by atoms with van der Waals surface area (Å²) in [6.45, 7) is 3.68. The molecule has 1 aliphatic carbocycles. The Bertz CT molecular complexity index is 476. The molecule has 0 amide bonds. The number of carbonyl (C=O) groups is 2. The van der Waals surface area contributed by atoms with Gasteiger partial charge in [-0.25, -0.2) is 0 Å². The van der Waals surface area contributed by atoms with Crippen molar-refractivity contribution in [3.8, 4) is 0 Å². The Hall–Kier alpha value is -1.41. The lowest BCUT2D eigenvalue weighted by atomic mass is 9.94. The van der Waals surface area contributed by atoms with Crippen molar-refractivity contribution >= 4 is 23.2 Å². The summed E-state index contributed by atoms with van der Waals surface area (Å²) in [5, 5.41) is 0.592. The molecule has 1 saturated carbocycles. The fourth-order valence-corrected chi connectivity index (χ4v) is 2.58. The number of hydrogen-bond acceptors (Lipinski definition) is 2. The van der Waals surface area contributed by atoms with E-state index in [0.29, 0.717) is 23.4 Å². The quantitative estimate of drug-likeness (QED) is 0.471. The summed E-state index contributed by atoms with van der Waals surface area (Å²) < 4.78 is 0. The Balaban J connectivity index is 2.12. The molecule has 1 fully saturated rings. The highest BCUT2D eigenvalue weighted by atomic mass is 35.5. The lowest BCUT2D eigenvalue weighted by Gasteiger charge is -2.08. The summed E-state index contributed by atoms with van der Waals surface area (Å²) >= 11 is 5.78. The second-order valence-electron chi connectivity index (χ2n) is 4.72. The molecular formula is C15H15ClO2. The van der Waals surface area contributed by atoms with Crippen LogP contribution in [0, 0.1) is 11.8 Å². The molecule has 1 aromatic rings. The Morgan fingerprint density at radius 3 is 2.67 bits per heavy atom. The molecule has 0 radical (unpaired) electrons. The molecule has 0 spiro atoms. The molecule has 2 atom stereocenters. The van der Waals surface area contributed by atoms with Crippen LogP contribution in [0.1, 0.15) is 29.6 Å². The van der Waals surface area contributed by atoms with E-state index in [9.17, 15) is 9.59 Å². The van der Waals surface area contributed by atoms with Crippen molar-refractivity contribution in [3.05, 3.63) is 47.5 Å². The highest BCUT2D eigenvalue weighted by Gasteiger charge is 2.36. The monoisotopic (exact) mass is 262 g/mol. The van der Waals surface area contributed by atoms with E-state index in [-0.39, 0.29) is 17.5 Å². The van der Waals surface area contributed by atoms with Crippen LogP contribution in [-0.2, 0) is 4.79 Å². The molecule has 3 heteroatoms. The van der Waals surface area contributed by atoms with Crippen molar-refractivity contribution in [2.75, 3.05) is 0 Å². The van der Waals surface area contributed by atoms with E-state index in [1.807, 2.05) is 6.08 Å². The zero-order valence-electron chi connectivity index (χ0n) is 10.1. The van der Waals surface area contributed by atoms with Crippen LogP contribution in [0.2, 0.25) is 5.02 Å². The maximum absolute atomic E-state index is 12.2. The van der Waals surface area contributed by atoms with E-state index in [1.54, 1.807) is 24.3 Å². The Kier molecular flexibility index (Phi) is 3.97. The fourth-order valence-electron chi connectivity index (χ4n) is 2.46. The van der Waals surface area contributed by atoms with Crippen LogP contribution in [0.5, 0.6) is 0 Å². The summed E-state index contributed by atoms with van der Waals surface area (Å²) in [5.41, 5.74) is 0.567. The van der Waals surface area contributed by atoms with Crippen LogP contribution < -0.4 is 0 Å². The Labute approximate surface area is 112 Å². The molecule has 0 aromatic heterocycles. The molecule has 0 heterocycles. The third-order valence-corrected chi connectivity index (χ3v) is 3.64. The minimum absolute atomic E-state index is 0.0572. The van der Waals surface area contributed by atoms with Gasteiger partial charge in [0.1, 0.15) is 5.78 Å². The van der Waals surface area contributed by atoms with Gasteiger partial charge in [0, 0.05) is 17.0 Å². The van der Waals surface area contributed by atoms with Gasteiger partial charge < -0.3 is 0 Å². The van der Waals surface area contributed by atoms with Gasteiger partial charge in [0.05, 0.1) is 5.92 Å². The van der Waals surface area contributed by atoms with Crippen LogP contribution in [0.25, 0.3) is 0 Å². The highest BCUT2D eigenvalue weighted by Crippen LogP contribution is 2.32. The normalized spacial score (nSPS) is 23.1. The van der Waals surface area contributed by atoms with E-state index in [1.165, 1.54) is 0 Å². The van der Waals surface area contributed by atoms with Gasteiger partial charge in [0.2, 0.25) is 0 Å². The molecule has 1 aliphatic rings. The van der Waals surface area contributed by atoms with Crippen LogP contribution in [0.3, 0.4) is 0 Å². The topological polar surface area (TPSA) is 34.1 Å². The smallest absolute Gasteiger partial charge is 0.173 e. The maximum atomic E-state index is 12.2. The van der Waals surface area contributed by atoms with E-state index < -0.39 is 5.92 Å². The largest absolute Gasteiger partial charge is 0.299 e. The minimum atomic E-state index is -0.476. The third kappa shape index (κ3) is 2.70. The summed E-state index contributed by atoms with van der Waals surface area (Å²) in [6.07, 6.45) is 3.76. The van der Waals surface area contributed by atoms with E-state index in [4.69, 9.17) is 11.6 Å². The van der Waals surface area contributed by atoms with Crippen LogP contribution in [0.15, 0.2) is 36.9 Å². The van der Waals surface area contributed by atoms with Crippen LogP contribution in [-0.4, -0.2) is 11.6 Å². The number of carbonyl (C=O) groups excluding carboxylic acids is 2. The number of halogens is 1. The zero-order valence-corrected chi connectivity index (χ0v) is 10.8. The lowest BCUT2D eigenvalue weighted by Crippen LogP contribution is -2.18. The first-order valence-corrected chi connectivity index (χ1v) is 6.43. The first kappa shape index (κ1) is 13.0.